The fraction of sp³-hybridized carbons (Fsp3) is 0.333. The van der Waals surface area contributed by atoms with Gasteiger partial charge in [0, 0.05) is 13.2 Å². The van der Waals surface area contributed by atoms with Gasteiger partial charge in [0.2, 0.25) is 0 Å². The third-order valence-electron chi connectivity index (χ3n) is 5.79. The van der Waals surface area contributed by atoms with Gasteiger partial charge < -0.3 is 24.2 Å². The number of rotatable bonds is 6. The van der Waals surface area contributed by atoms with Gasteiger partial charge >= 0.3 is 0 Å². The van der Waals surface area contributed by atoms with Crippen LogP contribution in [0.5, 0.6) is 11.5 Å². The van der Waals surface area contributed by atoms with Crippen LogP contribution in [0.2, 0.25) is 0 Å². The van der Waals surface area contributed by atoms with Crippen LogP contribution in [0.1, 0.15) is 30.0 Å². The van der Waals surface area contributed by atoms with Crippen LogP contribution in [-0.4, -0.2) is 55.2 Å². The van der Waals surface area contributed by atoms with E-state index in [2.05, 4.69) is 0 Å². The molecule has 7 nitrogen and oxygen atoms in total. The van der Waals surface area contributed by atoms with Gasteiger partial charge in [0.1, 0.15) is 23.1 Å². The first-order valence-electron chi connectivity index (χ1n) is 10.3. The standard InChI is InChI=1S/C24H24FNO6/c1-30-16-6-3-5-14(11-16)21-20(22(27)18-12-15(25)8-9-19(18)31-2)23(28)24(29)26(21)13-17-7-4-10-32-17/h3,5-6,8-9,11-12,17,21,27H,4,7,10,13H2,1-2H3/b22-20+. The quantitative estimate of drug-likeness (QED) is 0.420. The number of benzene rings is 2. The third-order valence-corrected chi connectivity index (χ3v) is 5.79. The molecular weight excluding hydrogens is 417 g/mol. The first kappa shape index (κ1) is 21.8. The van der Waals surface area contributed by atoms with Crippen LogP contribution < -0.4 is 9.47 Å². The zero-order valence-corrected chi connectivity index (χ0v) is 17.8. The first-order valence-corrected chi connectivity index (χ1v) is 10.3. The number of amides is 1. The van der Waals surface area contributed by atoms with E-state index in [1.54, 1.807) is 24.3 Å². The highest BCUT2D eigenvalue weighted by atomic mass is 19.1. The Morgan fingerprint density at radius 1 is 1.19 bits per heavy atom. The Morgan fingerprint density at radius 3 is 2.69 bits per heavy atom. The second kappa shape index (κ2) is 9.00. The predicted octanol–water partition coefficient (Wildman–Crippen LogP) is 3.44. The predicted molar refractivity (Wildman–Crippen MR) is 114 cm³/mol. The van der Waals surface area contributed by atoms with E-state index in [0.717, 1.165) is 18.9 Å². The van der Waals surface area contributed by atoms with E-state index in [-0.39, 0.29) is 29.5 Å². The van der Waals surface area contributed by atoms with Gasteiger partial charge in [0.15, 0.2) is 0 Å². The van der Waals surface area contributed by atoms with Crippen molar-refractivity contribution >= 4 is 17.4 Å². The van der Waals surface area contributed by atoms with Crippen molar-refractivity contribution in [1.82, 2.24) is 4.90 Å². The van der Waals surface area contributed by atoms with Crippen molar-refractivity contribution in [2.24, 2.45) is 0 Å². The van der Waals surface area contributed by atoms with Crippen LogP contribution in [0, 0.1) is 5.82 Å². The number of halogens is 1. The van der Waals surface area contributed by atoms with Gasteiger partial charge in [-0.05, 0) is 48.7 Å². The number of methoxy groups -OCH3 is 2. The SMILES string of the molecule is COc1cccc(C2/C(=C(\O)c3cc(F)ccc3OC)C(=O)C(=O)N2CC2CCCO2)c1. The molecule has 0 spiro atoms. The van der Waals surface area contributed by atoms with E-state index in [9.17, 15) is 19.1 Å². The Balaban J connectivity index is 1.88. The van der Waals surface area contributed by atoms with Gasteiger partial charge in [-0.1, -0.05) is 12.1 Å². The second-order valence-corrected chi connectivity index (χ2v) is 7.71. The van der Waals surface area contributed by atoms with Crippen molar-refractivity contribution in [2.75, 3.05) is 27.4 Å². The van der Waals surface area contributed by atoms with Crippen LogP contribution >= 0.6 is 0 Å². The van der Waals surface area contributed by atoms with Crippen LogP contribution in [-0.2, 0) is 14.3 Å². The van der Waals surface area contributed by atoms with E-state index >= 15 is 0 Å². The first-order chi connectivity index (χ1) is 15.4. The monoisotopic (exact) mass is 441 g/mol. The molecule has 0 aliphatic carbocycles. The number of ketones is 1. The summed E-state index contributed by atoms with van der Waals surface area (Å²) in [5, 5.41) is 11.2. The van der Waals surface area contributed by atoms with Crippen LogP contribution in [0.25, 0.3) is 5.76 Å². The van der Waals surface area contributed by atoms with Crippen LogP contribution in [0.4, 0.5) is 4.39 Å². The van der Waals surface area contributed by atoms with Gasteiger partial charge in [-0.15, -0.1) is 0 Å². The van der Waals surface area contributed by atoms with Gasteiger partial charge in [-0.25, -0.2) is 4.39 Å². The lowest BCUT2D eigenvalue weighted by Crippen LogP contribution is -2.36. The molecule has 1 amide bonds. The molecule has 2 unspecified atom stereocenters. The molecule has 2 atom stereocenters. The summed E-state index contributed by atoms with van der Waals surface area (Å²) in [4.78, 5) is 27.6. The van der Waals surface area contributed by atoms with E-state index in [1.807, 2.05) is 0 Å². The van der Waals surface area contributed by atoms with E-state index < -0.39 is 29.3 Å². The van der Waals surface area contributed by atoms with Crippen LogP contribution in [0.15, 0.2) is 48.0 Å². The minimum absolute atomic E-state index is 0.00416. The maximum absolute atomic E-state index is 14.0. The lowest BCUT2D eigenvalue weighted by atomic mass is 9.94. The summed E-state index contributed by atoms with van der Waals surface area (Å²) in [7, 11) is 2.89. The summed E-state index contributed by atoms with van der Waals surface area (Å²) in [5.41, 5.74) is 0.444. The van der Waals surface area contributed by atoms with Gasteiger partial charge in [0.25, 0.3) is 11.7 Å². The fourth-order valence-electron chi connectivity index (χ4n) is 4.24. The Hall–Kier alpha value is -3.39. The van der Waals surface area contributed by atoms with Crippen molar-refractivity contribution in [1.29, 1.82) is 0 Å². The number of nitrogens with zero attached hydrogens (tertiary/aromatic N) is 1. The summed E-state index contributed by atoms with van der Waals surface area (Å²) in [6, 6.07) is 9.66. The lowest BCUT2D eigenvalue weighted by Gasteiger charge is -2.27. The van der Waals surface area contributed by atoms with Gasteiger partial charge in [-0.3, -0.25) is 9.59 Å². The molecule has 2 saturated heterocycles. The fourth-order valence-corrected chi connectivity index (χ4v) is 4.24. The van der Waals surface area contributed by atoms with Gasteiger partial charge in [-0.2, -0.15) is 0 Å². The lowest BCUT2D eigenvalue weighted by molar-refractivity contribution is -0.140. The average Bonchev–Trinajstić information content (AvgIpc) is 3.41. The zero-order chi connectivity index (χ0) is 22.8. The molecular formula is C24H24FNO6. The normalized spacial score (nSPS) is 22.4. The molecule has 2 fully saturated rings. The molecule has 0 bridgehead atoms. The topological polar surface area (TPSA) is 85.3 Å². The Morgan fingerprint density at radius 2 is 2.00 bits per heavy atom. The molecule has 8 heteroatoms. The average molecular weight is 441 g/mol. The van der Waals surface area contributed by atoms with E-state index in [4.69, 9.17) is 14.2 Å². The minimum Gasteiger partial charge on any atom is -0.507 e. The zero-order valence-electron chi connectivity index (χ0n) is 17.8. The number of hydrogen-bond donors (Lipinski definition) is 1. The van der Waals surface area contributed by atoms with Crippen molar-refractivity contribution < 1.29 is 33.3 Å². The Bertz CT molecular complexity index is 1080. The molecule has 2 aromatic rings. The molecule has 4 rings (SSSR count). The number of likely N-dealkylation sites (tertiary alicyclic amines) is 1. The number of aliphatic hydroxyl groups is 1. The Labute approximate surface area is 185 Å². The van der Waals surface area contributed by atoms with Crippen molar-refractivity contribution in [3.8, 4) is 11.5 Å². The largest absolute Gasteiger partial charge is 0.507 e. The number of carbonyl (C=O) groups is 2. The molecule has 168 valence electrons. The highest BCUT2D eigenvalue weighted by Crippen LogP contribution is 2.42. The number of Topliss-reactive ketones (excluding diaryl/α,β-unsaturated/α-hetero) is 1. The highest BCUT2D eigenvalue weighted by molar-refractivity contribution is 6.46. The number of carbonyl (C=O) groups excluding carboxylic acids is 2. The molecule has 2 aliphatic heterocycles. The smallest absolute Gasteiger partial charge is 0.295 e. The summed E-state index contributed by atoms with van der Waals surface area (Å²) < 4.78 is 30.2. The minimum atomic E-state index is -0.887. The Kier molecular flexibility index (Phi) is 6.14. The molecule has 32 heavy (non-hydrogen) atoms. The summed E-state index contributed by atoms with van der Waals surface area (Å²) in [5.74, 6) is -1.99. The summed E-state index contributed by atoms with van der Waals surface area (Å²) in [6.07, 6.45) is 1.44. The van der Waals surface area contributed by atoms with E-state index in [1.165, 1.54) is 31.3 Å². The van der Waals surface area contributed by atoms with Gasteiger partial charge in [0.05, 0.1) is 37.5 Å². The van der Waals surface area contributed by atoms with Crippen LogP contribution in [0.3, 0.4) is 0 Å². The molecule has 0 saturated carbocycles. The maximum Gasteiger partial charge on any atom is 0.295 e. The van der Waals surface area contributed by atoms with E-state index in [0.29, 0.717) is 17.9 Å². The number of hydrogen-bond acceptors (Lipinski definition) is 6. The van der Waals surface area contributed by atoms with Crippen molar-refractivity contribution in [3.05, 3.63) is 65.0 Å². The molecule has 1 N–H and O–H groups in total. The summed E-state index contributed by atoms with van der Waals surface area (Å²) >= 11 is 0. The third kappa shape index (κ3) is 3.93. The second-order valence-electron chi connectivity index (χ2n) is 7.71. The molecule has 2 heterocycles. The molecule has 0 aromatic heterocycles. The molecule has 0 radical (unpaired) electrons. The summed E-state index contributed by atoms with van der Waals surface area (Å²) in [6.45, 7) is 0.794. The van der Waals surface area contributed by atoms with Crippen molar-refractivity contribution in [3.63, 3.8) is 0 Å². The number of aliphatic hydroxyl groups excluding tert-OH is 1. The molecule has 2 aliphatic rings. The van der Waals surface area contributed by atoms with Crippen molar-refractivity contribution in [2.45, 2.75) is 25.0 Å². The molecule has 2 aromatic carbocycles. The maximum atomic E-state index is 14.0. The number of ether oxygens (including phenoxy) is 3. The highest BCUT2D eigenvalue weighted by Gasteiger charge is 2.47.